The summed E-state index contributed by atoms with van der Waals surface area (Å²) in [6, 6.07) is 10.5. The average Bonchev–Trinajstić information content (AvgIpc) is 2.68. The predicted octanol–water partition coefficient (Wildman–Crippen LogP) is 4.74. The van der Waals surface area contributed by atoms with E-state index in [2.05, 4.69) is 5.32 Å². The lowest BCUT2D eigenvalue weighted by Gasteiger charge is -2.17. The fraction of sp³-hybridized carbons (Fsp3) is 0.286. The van der Waals surface area contributed by atoms with Gasteiger partial charge in [-0.1, -0.05) is 67.4 Å². The van der Waals surface area contributed by atoms with Crippen LogP contribution in [0.4, 0.5) is 0 Å². The van der Waals surface area contributed by atoms with Crippen molar-refractivity contribution in [2.75, 3.05) is 7.11 Å². The van der Waals surface area contributed by atoms with E-state index in [0.717, 1.165) is 5.56 Å². The minimum Gasteiger partial charge on any atom is -0.467 e. The molecular weight excluding hydrogens is 401 g/mol. The van der Waals surface area contributed by atoms with Gasteiger partial charge in [0.25, 0.3) is 5.91 Å². The summed E-state index contributed by atoms with van der Waals surface area (Å²) in [5.41, 5.74) is 1.42. The van der Waals surface area contributed by atoms with Gasteiger partial charge in [-0.15, -0.1) is 0 Å². The first-order valence-electron chi connectivity index (χ1n) is 8.76. The van der Waals surface area contributed by atoms with E-state index in [1.165, 1.54) is 26.2 Å². The summed E-state index contributed by atoms with van der Waals surface area (Å²) < 4.78 is 4.77. The monoisotopic (exact) mass is 423 g/mol. The number of ether oxygens (including phenoxy) is 1. The molecule has 0 fully saturated rings. The van der Waals surface area contributed by atoms with Crippen molar-refractivity contribution >= 4 is 40.9 Å². The third-order valence-electron chi connectivity index (χ3n) is 3.78. The first-order chi connectivity index (χ1) is 13.3. The van der Waals surface area contributed by atoms with E-state index in [0.29, 0.717) is 5.56 Å². The highest BCUT2D eigenvalue weighted by Crippen LogP contribution is 2.24. The molecule has 1 unspecified atom stereocenters. The fourth-order valence-electron chi connectivity index (χ4n) is 2.39. The second-order valence-electron chi connectivity index (χ2n) is 5.60. The molecule has 0 aliphatic rings. The Morgan fingerprint density at radius 2 is 1.54 bits per heavy atom. The van der Waals surface area contributed by atoms with Crippen LogP contribution in [0.15, 0.2) is 42.5 Å². The number of nitrogens with one attached hydrogen (secondary N) is 1. The summed E-state index contributed by atoms with van der Waals surface area (Å²) in [7, 11) is 1.24. The molecule has 0 aliphatic carbocycles. The minimum absolute atomic E-state index is 0.0530. The maximum Gasteiger partial charge on any atom is 0.328 e. The second kappa shape index (κ2) is 11.5. The van der Waals surface area contributed by atoms with Gasteiger partial charge < -0.3 is 10.1 Å². The lowest BCUT2D eigenvalue weighted by molar-refractivity contribution is -0.142. The molecule has 0 saturated carbocycles. The lowest BCUT2D eigenvalue weighted by atomic mass is 10.0. The molecule has 0 saturated heterocycles. The Balaban J connectivity index is 0.00000190. The highest BCUT2D eigenvalue weighted by molar-refractivity contribution is 6.39. The molecule has 2 aromatic rings. The topological polar surface area (TPSA) is 72.5 Å². The number of hydrogen-bond acceptors (Lipinski definition) is 4. The first kappa shape index (κ1) is 23.7. The van der Waals surface area contributed by atoms with Crippen molar-refractivity contribution in [3.63, 3.8) is 0 Å². The summed E-state index contributed by atoms with van der Waals surface area (Å²) >= 11 is 12.1. The van der Waals surface area contributed by atoms with Crippen molar-refractivity contribution in [2.24, 2.45) is 0 Å². The Kier molecular flexibility index (Phi) is 9.69. The van der Waals surface area contributed by atoms with Gasteiger partial charge >= 0.3 is 5.97 Å². The number of ketones is 1. The van der Waals surface area contributed by atoms with Crippen molar-refractivity contribution in [1.82, 2.24) is 5.32 Å². The minimum atomic E-state index is -0.928. The molecule has 0 aromatic heterocycles. The largest absolute Gasteiger partial charge is 0.467 e. The SMILES string of the molecule is CC.COC(=O)C(Cc1ccc(C(C)=O)cc1)NC(=O)c1c(Cl)cccc1Cl. The van der Waals surface area contributed by atoms with Crippen LogP contribution in [0.2, 0.25) is 10.0 Å². The van der Waals surface area contributed by atoms with Crippen LogP contribution in [0.1, 0.15) is 47.1 Å². The van der Waals surface area contributed by atoms with Crippen LogP contribution in [0, 0.1) is 0 Å². The van der Waals surface area contributed by atoms with Gasteiger partial charge in [-0.05, 0) is 24.6 Å². The molecule has 28 heavy (non-hydrogen) atoms. The van der Waals surface area contributed by atoms with Gasteiger partial charge in [0.2, 0.25) is 0 Å². The van der Waals surface area contributed by atoms with Crippen LogP contribution in [0.25, 0.3) is 0 Å². The van der Waals surface area contributed by atoms with Gasteiger partial charge in [0.1, 0.15) is 6.04 Å². The Hall–Kier alpha value is -2.37. The fourth-order valence-corrected chi connectivity index (χ4v) is 2.96. The summed E-state index contributed by atoms with van der Waals surface area (Å²) in [4.78, 5) is 35.9. The quantitative estimate of drug-likeness (QED) is 0.537. The van der Waals surface area contributed by atoms with Crippen molar-refractivity contribution in [3.05, 3.63) is 69.2 Å². The Bertz CT molecular complexity index is 815. The predicted molar refractivity (Wildman–Crippen MR) is 111 cm³/mol. The number of esters is 1. The molecule has 0 bridgehead atoms. The first-order valence-corrected chi connectivity index (χ1v) is 9.51. The molecule has 1 amide bonds. The summed E-state index contributed by atoms with van der Waals surface area (Å²) in [6.45, 7) is 5.47. The molecule has 2 rings (SSSR count). The van der Waals surface area contributed by atoms with Gasteiger partial charge in [-0.25, -0.2) is 4.79 Å². The molecule has 1 atom stereocenters. The smallest absolute Gasteiger partial charge is 0.328 e. The molecule has 0 heterocycles. The number of carbonyl (C=O) groups is 3. The van der Waals surface area contributed by atoms with Gasteiger partial charge in [0.05, 0.1) is 22.7 Å². The Morgan fingerprint density at radius 3 is 2.00 bits per heavy atom. The summed E-state index contributed by atoms with van der Waals surface area (Å²) in [5.74, 6) is -1.23. The average molecular weight is 424 g/mol. The maximum absolute atomic E-state index is 12.5. The van der Waals surface area contributed by atoms with E-state index in [1.807, 2.05) is 13.8 Å². The highest BCUT2D eigenvalue weighted by atomic mass is 35.5. The number of benzene rings is 2. The number of rotatable bonds is 6. The normalized spacial score (nSPS) is 10.9. The lowest BCUT2D eigenvalue weighted by Crippen LogP contribution is -2.43. The molecule has 5 nitrogen and oxygen atoms in total. The van der Waals surface area contributed by atoms with Crippen LogP contribution < -0.4 is 5.32 Å². The van der Waals surface area contributed by atoms with E-state index in [1.54, 1.807) is 30.3 Å². The molecule has 0 radical (unpaired) electrons. The number of hydrogen-bond donors (Lipinski definition) is 1. The van der Waals surface area contributed by atoms with E-state index in [-0.39, 0.29) is 27.8 Å². The van der Waals surface area contributed by atoms with Gasteiger partial charge in [-0.2, -0.15) is 0 Å². The third-order valence-corrected chi connectivity index (χ3v) is 4.41. The van der Waals surface area contributed by atoms with Crippen molar-refractivity contribution in [3.8, 4) is 0 Å². The molecule has 150 valence electrons. The zero-order valence-corrected chi connectivity index (χ0v) is 17.7. The van der Waals surface area contributed by atoms with Gasteiger partial charge in [0, 0.05) is 12.0 Å². The van der Waals surface area contributed by atoms with Gasteiger partial charge in [-0.3, -0.25) is 9.59 Å². The molecule has 0 aliphatic heterocycles. The second-order valence-corrected chi connectivity index (χ2v) is 6.42. The van der Waals surface area contributed by atoms with Crippen molar-refractivity contribution < 1.29 is 19.1 Å². The Morgan fingerprint density at radius 1 is 1.00 bits per heavy atom. The zero-order valence-electron chi connectivity index (χ0n) is 16.2. The molecule has 0 spiro atoms. The standard InChI is InChI=1S/C19H17Cl2NO4.C2H6/c1-11(23)13-8-6-12(7-9-13)10-16(19(25)26-2)22-18(24)17-14(20)4-3-5-15(17)21;1-2/h3-9,16H,10H2,1-2H3,(H,22,24);1-2H3. The summed E-state index contributed by atoms with van der Waals surface area (Å²) in [6.07, 6.45) is 0.193. The van der Waals surface area contributed by atoms with E-state index < -0.39 is 17.9 Å². The molecule has 2 aromatic carbocycles. The van der Waals surface area contributed by atoms with Crippen LogP contribution >= 0.6 is 23.2 Å². The maximum atomic E-state index is 12.5. The van der Waals surface area contributed by atoms with Crippen molar-refractivity contribution in [1.29, 1.82) is 0 Å². The zero-order chi connectivity index (χ0) is 21.3. The van der Waals surface area contributed by atoms with Crippen LogP contribution in [0.5, 0.6) is 0 Å². The van der Waals surface area contributed by atoms with Crippen LogP contribution in [-0.2, 0) is 16.0 Å². The van der Waals surface area contributed by atoms with E-state index in [4.69, 9.17) is 27.9 Å². The number of halogens is 2. The number of carbonyl (C=O) groups excluding carboxylic acids is 3. The molecular formula is C21H23Cl2NO4. The number of methoxy groups -OCH3 is 1. The number of Topliss-reactive ketones (excluding diaryl/α,β-unsaturated/α-hetero) is 1. The summed E-state index contributed by atoms with van der Waals surface area (Å²) in [5, 5.41) is 2.97. The number of amides is 1. The van der Waals surface area contributed by atoms with Crippen molar-refractivity contribution in [2.45, 2.75) is 33.2 Å². The van der Waals surface area contributed by atoms with Crippen LogP contribution in [-0.4, -0.2) is 30.8 Å². The highest BCUT2D eigenvalue weighted by Gasteiger charge is 2.25. The molecule has 7 heteroatoms. The molecule has 1 N–H and O–H groups in total. The Labute approximate surface area is 175 Å². The van der Waals surface area contributed by atoms with E-state index >= 15 is 0 Å². The van der Waals surface area contributed by atoms with E-state index in [9.17, 15) is 14.4 Å². The van der Waals surface area contributed by atoms with Gasteiger partial charge in [0.15, 0.2) is 5.78 Å². The van der Waals surface area contributed by atoms with Crippen LogP contribution in [0.3, 0.4) is 0 Å². The third kappa shape index (κ3) is 6.36.